The third kappa shape index (κ3) is 3.03. The molecule has 5 heteroatoms. The van der Waals surface area contributed by atoms with Crippen molar-refractivity contribution in [2.45, 2.75) is 6.92 Å². The van der Waals surface area contributed by atoms with Gasteiger partial charge in [0.25, 0.3) is 5.91 Å². The lowest BCUT2D eigenvalue weighted by atomic mass is 10.3. The molecular weight excluding hydrogens is 266 g/mol. The van der Waals surface area contributed by atoms with Gasteiger partial charge >= 0.3 is 0 Å². The Balaban J connectivity index is 2.16. The van der Waals surface area contributed by atoms with Gasteiger partial charge in [0, 0.05) is 16.4 Å². The summed E-state index contributed by atoms with van der Waals surface area (Å²) in [6, 6.07) is 7.43. The molecule has 1 aromatic carbocycles. The lowest BCUT2D eigenvalue weighted by Crippen LogP contribution is -2.16. The van der Waals surface area contributed by atoms with E-state index in [2.05, 4.69) is 5.32 Å². The number of ether oxygens (including phenoxy) is 1. The van der Waals surface area contributed by atoms with Crippen LogP contribution in [-0.2, 0) is 4.79 Å². The summed E-state index contributed by atoms with van der Waals surface area (Å²) in [5.41, 5.74) is 0.710. The van der Waals surface area contributed by atoms with Gasteiger partial charge in [0.05, 0.1) is 17.7 Å². The summed E-state index contributed by atoms with van der Waals surface area (Å²) in [5.74, 6) is 2.69. The van der Waals surface area contributed by atoms with Crippen LogP contribution in [0.3, 0.4) is 0 Å². The van der Waals surface area contributed by atoms with Crippen molar-refractivity contribution < 1.29 is 9.53 Å². The maximum atomic E-state index is 12.2. The number of methoxy groups -OCH3 is 1. The maximum Gasteiger partial charge on any atom is 0.262 e. The molecular formula is C13H15NO2S2. The Morgan fingerprint density at radius 3 is 2.72 bits per heavy atom. The van der Waals surface area contributed by atoms with Crippen LogP contribution in [0, 0.1) is 0 Å². The molecule has 2 rings (SSSR count). The molecule has 1 heterocycles. The monoisotopic (exact) mass is 281 g/mol. The Hall–Kier alpha value is -1.07. The Bertz CT molecular complexity index is 486. The first-order chi connectivity index (χ1) is 8.72. The van der Waals surface area contributed by atoms with Crippen LogP contribution in [0.1, 0.15) is 6.92 Å². The summed E-state index contributed by atoms with van der Waals surface area (Å²) >= 11 is 3.36. The van der Waals surface area contributed by atoms with E-state index in [1.54, 1.807) is 30.6 Å². The molecule has 3 nitrogen and oxygen atoms in total. The summed E-state index contributed by atoms with van der Waals surface area (Å²) in [4.78, 5) is 14.1. The Labute approximate surface area is 115 Å². The van der Waals surface area contributed by atoms with Gasteiger partial charge in [0.1, 0.15) is 5.75 Å². The van der Waals surface area contributed by atoms with E-state index in [-0.39, 0.29) is 5.91 Å². The first-order valence-corrected chi connectivity index (χ1v) is 7.60. The van der Waals surface area contributed by atoms with E-state index in [9.17, 15) is 4.79 Å². The van der Waals surface area contributed by atoms with Crippen molar-refractivity contribution in [3.8, 4) is 5.75 Å². The van der Waals surface area contributed by atoms with Crippen LogP contribution in [0.25, 0.3) is 0 Å². The van der Waals surface area contributed by atoms with Gasteiger partial charge < -0.3 is 10.1 Å². The van der Waals surface area contributed by atoms with E-state index < -0.39 is 0 Å². The molecule has 0 spiro atoms. The molecule has 0 fully saturated rings. The fourth-order valence-electron chi connectivity index (χ4n) is 1.66. The molecule has 0 bridgehead atoms. The summed E-state index contributed by atoms with van der Waals surface area (Å²) in [6.07, 6.45) is 0. The van der Waals surface area contributed by atoms with Crippen LogP contribution in [0.5, 0.6) is 5.75 Å². The smallest absolute Gasteiger partial charge is 0.262 e. The fraction of sp³-hybridized carbons (Fsp3) is 0.308. The standard InChI is InChI=1S/C13H15NO2S2/c1-9-12(18-8-7-17-9)13(15)14-10-5-3-4-6-11(10)16-2/h3-6H,7-8H2,1-2H3,(H,14,15). The molecule has 18 heavy (non-hydrogen) atoms. The van der Waals surface area contributed by atoms with Crippen molar-refractivity contribution in [3.63, 3.8) is 0 Å². The molecule has 0 saturated heterocycles. The number of para-hydroxylation sites is 2. The first kappa shape index (κ1) is 13.4. The fourth-order valence-corrected chi connectivity index (χ4v) is 3.80. The molecule has 1 N–H and O–H groups in total. The van der Waals surface area contributed by atoms with Gasteiger partial charge in [0.2, 0.25) is 0 Å². The van der Waals surface area contributed by atoms with E-state index in [1.165, 1.54) is 0 Å². The highest BCUT2D eigenvalue weighted by Gasteiger charge is 2.18. The quantitative estimate of drug-likeness (QED) is 0.922. The highest BCUT2D eigenvalue weighted by Crippen LogP contribution is 2.34. The largest absolute Gasteiger partial charge is 0.495 e. The van der Waals surface area contributed by atoms with E-state index in [0.717, 1.165) is 21.3 Å². The second-order valence-electron chi connectivity index (χ2n) is 3.74. The molecule has 0 radical (unpaired) electrons. The van der Waals surface area contributed by atoms with Gasteiger partial charge in [0.15, 0.2) is 0 Å². The number of allylic oxidation sites excluding steroid dienone is 1. The van der Waals surface area contributed by atoms with E-state index in [4.69, 9.17) is 4.74 Å². The zero-order valence-corrected chi connectivity index (χ0v) is 12.0. The SMILES string of the molecule is COc1ccccc1NC(=O)C1=C(C)SCCS1. The van der Waals surface area contributed by atoms with Crippen molar-refractivity contribution in [3.05, 3.63) is 34.1 Å². The lowest BCUT2D eigenvalue weighted by Gasteiger charge is -2.17. The average Bonchev–Trinajstić information content (AvgIpc) is 2.39. The third-order valence-electron chi connectivity index (χ3n) is 2.53. The van der Waals surface area contributed by atoms with Gasteiger partial charge in [-0.3, -0.25) is 4.79 Å². The molecule has 96 valence electrons. The number of amides is 1. The predicted octanol–water partition coefficient (Wildman–Crippen LogP) is 3.35. The number of carbonyl (C=O) groups is 1. The van der Waals surface area contributed by atoms with Gasteiger partial charge in [-0.2, -0.15) is 0 Å². The molecule has 1 aliphatic heterocycles. The van der Waals surface area contributed by atoms with Crippen LogP contribution in [-0.4, -0.2) is 24.5 Å². The minimum atomic E-state index is -0.0470. The van der Waals surface area contributed by atoms with Crippen LogP contribution >= 0.6 is 23.5 Å². The molecule has 0 aliphatic carbocycles. The Morgan fingerprint density at radius 1 is 1.28 bits per heavy atom. The summed E-state index contributed by atoms with van der Waals surface area (Å²) in [6.45, 7) is 1.99. The normalized spacial score (nSPS) is 15.4. The molecule has 0 aromatic heterocycles. The van der Waals surface area contributed by atoms with Crippen LogP contribution in [0.4, 0.5) is 5.69 Å². The van der Waals surface area contributed by atoms with Crippen LogP contribution < -0.4 is 10.1 Å². The zero-order chi connectivity index (χ0) is 13.0. The second kappa shape index (κ2) is 6.20. The number of rotatable bonds is 3. The summed E-state index contributed by atoms with van der Waals surface area (Å²) in [5, 5.41) is 2.91. The minimum Gasteiger partial charge on any atom is -0.495 e. The van der Waals surface area contributed by atoms with Crippen molar-refractivity contribution in [2.24, 2.45) is 0 Å². The molecule has 0 unspecified atom stereocenters. The molecule has 1 amide bonds. The number of hydrogen-bond acceptors (Lipinski definition) is 4. The van der Waals surface area contributed by atoms with E-state index >= 15 is 0 Å². The van der Waals surface area contributed by atoms with Crippen molar-refractivity contribution in [1.82, 2.24) is 0 Å². The number of benzene rings is 1. The number of nitrogens with one attached hydrogen (secondary N) is 1. The summed E-state index contributed by atoms with van der Waals surface area (Å²) < 4.78 is 5.22. The van der Waals surface area contributed by atoms with Crippen molar-refractivity contribution >= 4 is 35.1 Å². The molecule has 1 aromatic rings. The maximum absolute atomic E-state index is 12.2. The van der Waals surface area contributed by atoms with Gasteiger partial charge in [-0.1, -0.05) is 12.1 Å². The topological polar surface area (TPSA) is 38.3 Å². The van der Waals surface area contributed by atoms with E-state index in [0.29, 0.717) is 11.4 Å². The number of anilines is 1. The first-order valence-electron chi connectivity index (χ1n) is 5.63. The Kier molecular flexibility index (Phi) is 4.60. The second-order valence-corrected chi connectivity index (χ2v) is 6.15. The van der Waals surface area contributed by atoms with Crippen molar-refractivity contribution in [1.29, 1.82) is 0 Å². The predicted molar refractivity (Wildman–Crippen MR) is 79.2 cm³/mol. The van der Waals surface area contributed by atoms with Crippen LogP contribution in [0.15, 0.2) is 34.1 Å². The lowest BCUT2D eigenvalue weighted by molar-refractivity contribution is -0.112. The average molecular weight is 281 g/mol. The molecule has 0 saturated carbocycles. The molecule has 1 aliphatic rings. The van der Waals surface area contributed by atoms with Gasteiger partial charge in [-0.15, -0.1) is 23.5 Å². The van der Waals surface area contributed by atoms with Crippen LogP contribution in [0.2, 0.25) is 0 Å². The zero-order valence-electron chi connectivity index (χ0n) is 10.4. The molecule has 0 atom stereocenters. The van der Waals surface area contributed by atoms with Gasteiger partial charge in [-0.05, 0) is 19.1 Å². The number of hydrogen-bond donors (Lipinski definition) is 1. The minimum absolute atomic E-state index is 0.0470. The summed E-state index contributed by atoms with van der Waals surface area (Å²) in [7, 11) is 1.60. The number of thioether (sulfide) groups is 2. The highest BCUT2D eigenvalue weighted by atomic mass is 32.2. The third-order valence-corrected chi connectivity index (χ3v) is 5.15. The number of carbonyl (C=O) groups excluding carboxylic acids is 1. The van der Waals surface area contributed by atoms with Gasteiger partial charge in [-0.25, -0.2) is 0 Å². The van der Waals surface area contributed by atoms with E-state index in [1.807, 2.05) is 31.2 Å². The highest BCUT2D eigenvalue weighted by molar-refractivity contribution is 8.10. The Morgan fingerprint density at radius 2 is 2.00 bits per heavy atom. The van der Waals surface area contributed by atoms with Crippen molar-refractivity contribution in [2.75, 3.05) is 23.9 Å².